The highest BCUT2D eigenvalue weighted by Gasteiger charge is 1.96. The predicted octanol–water partition coefficient (Wildman–Crippen LogP) is 2.66. The smallest absolute Gasteiger partial charge is 0.305 e. The van der Waals surface area contributed by atoms with Gasteiger partial charge < -0.3 is 9.47 Å². The fourth-order valence-electron chi connectivity index (χ4n) is 1.01. The fourth-order valence-corrected chi connectivity index (χ4v) is 1.01. The van der Waals surface area contributed by atoms with Crippen molar-refractivity contribution in [2.75, 3.05) is 13.2 Å². The van der Waals surface area contributed by atoms with Gasteiger partial charge in [0.2, 0.25) is 0 Å². The molecule has 0 radical (unpaired) electrons. The first kappa shape index (κ1) is 13.0. The molecule has 0 aromatic carbocycles. The van der Waals surface area contributed by atoms with E-state index in [4.69, 9.17) is 9.47 Å². The van der Waals surface area contributed by atoms with Gasteiger partial charge in [-0.05, 0) is 25.7 Å². The quantitative estimate of drug-likeness (QED) is 0.326. The van der Waals surface area contributed by atoms with E-state index in [9.17, 15) is 4.79 Å². The molecule has 0 saturated carbocycles. The largest absolute Gasteiger partial charge is 0.502 e. The molecule has 14 heavy (non-hydrogen) atoms. The summed E-state index contributed by atoms with van der Waals surface area (Å²) < 4.78 is 9.91. The number of hydrogen-bond acceptors (Lipinski definition) is 3. The number of hydrogen-bond donors (Lipinski definition) is 0. The lowest BCUT2D eigenvalue weighted by molar-refractivity contribution is -0.143. The number of unbranched alkanes of at least 4 members (excludes halogenated alkanes) is 3. The van der Waals surface area contributed by atoms with Gasteiger partial charge >= 0.3 is 5.97 Å². The molecule has 0 aromatic rings. The predicted molar refractivity (Wildman–Crippen MR) is 55.9 cm³/mol. The molecule has 0 heterocycles. The fraction of sp³-hybridized carbons (Fsp3) is 0.727. The summed E-state index contributed by atoms with van der Waals surface area (Å²) in [5.74, 6) is -0.111. The van der Waals surface area contributed by atoms with Crippen LogP contribution in [0.1, 0.15) is 39.0 Å². The molecule has 0 fully saturated rings. The number of rotatable bonds is 9. The highest BCUT2D eigenvalue weighted by molar-refractivity contribution is 5.68. The van der Waals surface area contributed by atoms with Crippen molar-refractivity contribution in [3.8, 4) is 0 Å². The van der Waals surface area contributed by atoms with Crippen molar-refractivity contribution in [1.82, 2.24) is 0 Å². The zero-order valence-electron chi connectivity index (χ0n) is 8.96. The highest BCUT2D eigenvalue weighted by Crippen LogP contribution is 2.01. The molecule has 0 saturated heterocycles. The van der Waals surface area contributed by atoms with Crippen LogP contribution in [-0.2, 0) is 14.3 Å². The third-order valence-electron chi connectivity index (χ3n) is 1.83. The molecular formula is C11H20O3. The van der Waals surface area contributed by atoms with Crippen LogP contribution in [0.5, 0.6) is 0 Å². The van der Waals surface area contributed by atoms with Gasteiger partial charge in [-0.15, -0.1) is 0 Å². The third kappa shape index (κ3) is 9.10. The SMILES string of the molecule is C=COCCCCCCOC(=O)CC. The van der Waals surface area contributed by atoms with E-state index in [2.05, 4.69) is 6.58 Å². The van der Waals surface area contributed by atoms with E-state index >= 15 is 0 Å². The van der Waals surface area contributed by atoms with Crippen LogP contribution >= 0.6 is 0 Å². The molecule has 3 heteroatoms. The molecule has 0 unspecified atom stereocenters. The maximum Gasteiger partial charge on any atom is 0.305 e. The van der Waals surface area contributed by atoms with Gasteiger partial charge in [-0.25, -0.2) is 0 Å². The first-order chi connectivity index (χ1) is 6.81. The van der Waals surface area contributed by atoms with E-state index in [0.29, 0.717) is 13.0 Å². The van der Waals surface area contributed by atoms with E-state index < -0.39 is 0 Å². The lowest BCUT2D eigenvalue weighted by Crippen LogP contribution is -2.03. The Balaban J connectivity index is 2.98. The minimum Gasteiger partial charge on any atom is -0.502 e. The van der Waals surface area contributed by atoms with Gasteiger partial charge in [-0.2, -0.15) is 0 Å². The van der Waals surface area contributed by atoms with Gasteiger partial charge in [0.25, 0.3) is 0 Å². The molecule has 0 aliphatic rings. The average molecular weight is 200 g/mol. The van der Waals surface area contributed by atoms with E-state index in [1.165, 1.54) is 6.26 Å². The van der Waals surface area contributed by atoms with Crippen molar-refractivity contribution in [3.05, 3.63) is 12.8 Å². The van der Waals surface area contributed by atoms with Gasteiger partial charge in [-0.1, -0.05) is 13.5 Å². The minimum atomic E-state index is -0.111. The first-order valence-electron chi connectivity index (χ1n) is 5.19. The molecule has 0 spiro atoms. The molecule has 0 rings (SSSR count). The van der Waals surface area contributed by atoms with Crippen LogP contribution in [0.3, 0.4) is 0 Å². The number of carbonyl (C=O) groups is 1. The average Bonchev–Trinajstić information content (AvgIpc) is 2.21. The van der Waals surface area contributed by atoms with Gasteiger partial charge in [0.15, 0.2) is 0 Å². The molecule has 3 nitrogen and oxygen atoms in total. The summed E-state index contributed by atoms with van der Waals surface area (Å²) in [5, 5.41) is 0. The van der Waals surface area contributed by atoms with E-state index in [0.717, 1.165) is 32.3 Å². The van der Waals surface area contributed by atoms with Crippen LogP contribution in [-0.4, -0.2) is 19.2 Å². The summed E-state index contributed by atoms with van der Waals surface area (Å²) in [6, 6.07) is 0. The summed E-state index contributed by atoms with van der Waals surface area (Å²) in [7, 11) is 0. The second-order valence-electron chi connectivity index (χ2n) is 3.03. The normalized spacial score (nSPS) is 9.50. The van der Waals surface area contributed by atoms with Crippen LogP contribution in [0, 0.1) is 0 Å². The number of ether oxygens (including phenoxy) is 2. The molecule has 0 aromatic heterocycles. The van der Waals surface area contributed by atoms with Gasteiger partial charge in [0.05, 0.1) is 19.5 Å². The maximum atomic E-state index is 10.7. The minimum absolute atomic E-state index is 0.111. The molecule has 0 N–H and O–H groups in total. The van der Waals surface area contributed by atoms with E-state index in [1.54, 1.807) is 6.92 Å². The van der Waals surface area contributed by atoms with Gasteiger partial charge in [-0.3, -0.25) is 4.79 Å². The monoisotopic (exact) mass is 200 g/mol. The Labute approximate surface area is 86.1 Å². The lowest BCUT2D eigenvalue weighted by Gasteiger charge is -2.03. The van der Waals surface area contributed by atoms with Crippen LogP contribution in [0.2, 0.25) is 0 Å². The van der Waals surface area contributed by atoms with Crippen molar-refractivity contribution in [3.63, 3.8) is 0 Å². The molecule has 0 bridgehead atoms. The Kier molecular flexibility index (Phi) is 9.38. The summed E-state index contributed by atoms with van der Waals surface area (Å²) >= 11 is 0. The van der Waals surface area contributed by atoms with Crippen molar-refractivity contribution < 1.29 is 14.3 Å². The van der Waals surface area contributed by atoms with Gasteiger partial charge in [0, 0.05) is 6.42 Å². The summed E-state index contributed by atoms with van der Waals surface area (Å²) in [6.07, 6.45) is 6.10. The van der Waals surface area contributed by atoms with Gasteiger partial charge in [0.1, 0.15) is 0 Å². The second-order valence-corrected chi connectivity index (χ2v) is 3.03. The topological polar surface area (TPSA) is 35.5 Å². The van der Waals surface area contributed by atoms with E-state index in [1.807, 2.05) is 0 Å². The molecule has 0 amide bonds. The standard InChI is InChI=1S/C11H20O3/c1-3-11(12)14-10-8-6-5-7-9-13-4-2/h4H,2-3,5-10H2,1H3. The Bertz CT molecular complexity index is 155. The summed E-state index contributed by atoms with van der Waals surface area (Å²) in [5.41, 5.74) is 0. The summed E-state index contributed by atoms with van der Waals surface area (Å²) in [6.45, 7) is 6.54. The first-order valence-corrected chi connectivity index (χ1v) is 5.19. The molecule has 82 valence electrons. The Morgan fingerprint density at radius 2 is 1.86 bits per heavy atom. The van der Waals surface area contributed by atoms with Crippen LogP contribution in [0.15, 0.2) is 12.8 Å². The van der Waals surface area contributed by atoms with Crippen LogP contribution in [0.25, 0.3) is 0 Å². The lowest BCUT2D eigenvalue weighted by atomic mass is 10.2. The third-order valence-corrected chi connectivity index (χ3v) is 1.83. The zero-order chi connectivity index (χ0) is 10.6. The van der Waals surface area contributed by atoms with Crippen molar-refractivity contribution in [1.29, 1.82) is 0 Å². The van der Waals surface area contributed by atoms with Crippen molar-refractivity contribution >= 4 is 5.97 Å². The molecule has 0 aliphatic carbocycles. The van der Waals surface area contributed by atoms with Crippen molar-refractivity contribution in [2.24, 2.45) is 0 Å². The molecular weight excluding hydrogens is 180 g/mol. The van der Waals surface area contributed by atoms with Crippen LogP contribution in [0.4, 0.5) is 0 Å². The Morgan fingerprint density at radius 1 is 1.21 bits per heavy atom. The van der Waals surface area contributed by atoms with E-state index in [-0.39, 0.29) is 5.97 Å². The highest BCUT2D eigenvalue weighted by atomic mass is 16.5. The zero-order valence-corrected chi connectivity index (χ0v) is 8.96. The second kappa shape index (κ2) is 10.1. The summed E-state index contributed by atoms with van der Waals surface area (Å²) in [4.78, 5) is 10.7. The molecule has 0 aliphatic heterocycles. The molecule has 0 atom stereocenters. The Hall–Kier alpha value is -0.990. The van der Waals surface area contributed by atoms with Crippen LogP contribution < -0.4 is 0 Å². The Morgan fingerprint density at radius 3 is 2.43 bits per heavy atom. The number of esters is 1. The number of carbonyl (C=O) groups excluding carboxylic acids is 1. The maximum absolute atomic E-state index is 10.7. The van der Waals surface area contributed by atoms with Crippen molar-refractivity contribution in [2.45, 2.75) is 39.0 Å².